The lowest BCUT2D eigenvalue weighted by molar-refractivity contribution is -0.260. The predicted molar refractivity (Wildman–Crippen MR) is 489 cm³/mol. The second kappa shape index (κ2) is 53.0. The van der Waals surface area contributed by atoms with Gasteiger partial charge in [-0.2, -0.15) is 52.7 Å². The van der Waals surface area contributed by atoms with Crippen LogP contribution in [0.3, 0.4) is 0 Å². The molecule has 732 valence electrons. The molecule has 1 aromatic carbocycles. The van der Waals surface area contributed by atoms with Gasteiger partial charge in [0, 0.05) is 8.07 Å². The summed E-state index contributed by atoms with van der Waals surface area (Å²) < 4.78 is 206. The number of carbonyl (C=O) groups is 4. The fourth-order valence-electron chi connectivity index (χ4n) is 14.5. The van der Waals surface area contributed by atoms with Crippen LogP contribution in [0.15, 0.2) is 30.3 Å². The molecule has 12 unspecified atom stereocenters. The highest BCUT2D eigenvalue weighted by atomic mass is 28.5. The van der Waals surface area contributed by atoms with Crippen molar-refractivity contribution < 1.29 is 117 Å². The molecule has 1 aromatic rings. The van der Waals surface area contributed by atoms with Gasteiger partial charge in [0.2, 0.25) is 0 Å². The third-order valence-corrected chi connectivity index (χ3v) is 43.4. The Morgan fingerprint density at radius 1 is 0.496 bits per heavy atom. The summed E-state index contributed by atoms with van der Waals surface area (Å²) in [5.41, 5.74) is -10.6. The van der Waals surface area contributed by atoms with Gasteiger partial charge in [0.1, 0.15) is 17.3 Å². The number of halogens is 12. The van der Waals surface area contributed by atoms with Crippen molar-refractivity contribution >= 4 is 66.2 Å². The Balaban J connectivity index is -0.000000669. The van der Waals surface area contributed by atoms with Crippen LogP contribution in [0.4, 0.5) is 52.7 Å². The molecule has 123 heavy (non-hydrogen) atoms. The first-order valence-electron chi connectivity index (χ1n) is 44.9. The van der Waals surface area contributed by atoms with E-state index >= 15 is 0 Å². The van der Waals surface area contributed by atoms with E-state index in [1.807, 2.05) is 20.8 Å². The molecular formula is C92H176F12O14Si5. The molecule has 12 atom stereocenters. The van der Waals surface area contributed by atoms with E-state index in [4.69, 9.17) is 40.1 Å². The van der Waals surface area contributed by atoms with Crippen LogP contribution in [0.2, 0.25) is 77.1 Å². The Hall–Kier alpha value is -2.90. The first-order chi connectivity index (χ1) is 54.5. The molecule has 6 rings (SSSR count). The zero-order valence-electron chi connectivity index (χ0n) is 81.1. The summed E-state index contributed by atoms with van der Waals surface area (Å²) in [6.07, 6.45) is 2.07. The average Bonchev–Trinajstić information content (AvgIpc) is 1.71. The van der Waals surface area contributed by atoms with Crippen molar-refractivity contribution in [2.24, 2.45) is 51.2 Å². The smallest absolute Gasteiger partial charge is 0.416 e. The number of hydrogen-bond donors (Lipinski definition) is 1. The molecule has 0 aromatic heterocycles. The normalized spacial score (nSPS) is 22.6. The summed E-state index contributed by atoms with van der Waals surface area (Å²) in [5.74, 6) is -2.10. The summed E-state index contributed by atoms with van der Waals surface area (Å²) in [6, 6.07) is 11.9. The Kier molecular flexibility index (Phi) is 54.4. The summed E-state index contributed by atoms with van der Waals surface area (Å²) in [6.45, 7) is 62.6. The lowest BCUT2D eigenvalue weighted by Gasteiger charge is -2.49. The molecule has 1 aliphatic heterocycles. The van der Waals surface area contributed by atoms with Gasteiger partial charge in [0.25, 0.3) is 0 Å². The summed E-state index contributed by atoms with van der Waals surface area (Å²) in [5, 5.41) is 9.70. The number of benzene rings is 1. The molecule has 5 aliphatic rings. The number of ether oxygens (including phenoxy) is 5. The molecule has 31 heteroatoms. The van der Waals surface area contributed by atoms with Crippen molar-refractivity contribution in [3.63, 3.8) is 0 Å². The molecule has 4 aliphatic carbocycles. The van der Waals surface area contributed by atoms with Gasteiger partial charge in [-0.05, 0) is 266 Å². The van der Waals surface area contributed by atoms with E-state index in [0.29, 0.717) is 56.5 Å². The van der Waals surface area contributed by atoms with E-state index in [2.05, 4.69) is 151 Å². The molecule has 14 nitrogen and oxygen atoms in total. The highest BCUT2D eigenvalue weighted by molar-refractivity contribution is 6.93. The molecule has 4 saturated carbocycles. The Labute approximate surface area is 744 Å². The minimum Gasteiger partial charge on any atom is -0.465 e. The van der Waals surface area contributed by atoms with Crippen LogP contribution in [-0.2, 0) is 59.3 Å². The van der Waals surface area contributed by atoms with Crippen LogP contribution in [0, 0.1) is 51.2 Å². The number of carbonyl (C=O) groups excluding carboxylic acids is 4. The molecule has 0 amide bonds. The third kappa shape index (κ3) is 45.2. The number of aliphatic hydroxyl groups is 1. The van der Waals surface area contributed by atoms with E-state index in [1.54, 1.807) is 0 Å². The van der Waals surface area contributed by atoms with E-state index in [1.165, 1.54) is 151 Å². The zero-order chi connectivity index (χ0) is 95.2. The number of alkyl halides is 12. The highest BCUT2D eigenvalue weighted by Crippen LogP contribution is 2.55. The molecule has 1 heterocycles. The maximum absolute atomic E-state index is 13.2. The second-order valence-corrected chi connectivity index (χ2v) is 60.9. The topological polar surface area (TPSA) is 172 Å². The van der Waals surface area contributed by atoms with Crippen LogP contribution in [-0.4, -0.2) is 138 Å². The van der Waals surface area contributed by atoms with Gasteiger partial charge >= 0.3 is 82.8 Å². The number of esters is 4. The van der Waals surface area contributed by atoms with Crippen molar-refractivity contribution in [3.8, 4) is 0 Å². The van der Waals surface area contributed by atoms with Gasteiger partial charge in [-0.25, -0.2) is 0 Å². The minimum atomic E-state index is -4.79. The molecule has 5 fully saturated rings. The number of hydrogen-bond acceptors (Lipinski definition) is 14. The van der Waals surface area contributed by atoms with E-state index in [9.17, 15) is 77.0 Å². The fourth-order valence-corrected chi connectivity index (χ4v) is 37.5. The highest BCUT2D eigenvalue weighted by Gasteiger charge is 2.62. The van der Waals surface area contributed by atoms with Gasteiger partial charge in [-0.3, -0.25) is 19.2 Å². The molecule has 0 spiro atoms. The van der Waals surface area contributed by atoms with Crippen molar-refractivity contribution in [2.45, 2.75) is 471 Å². The van der Waals surface area contributed by atoms with Crippen LogP contribution in [0.25, 0.3) is 0 Å². The molecule has 2 bridgehead atoms. The van der Waals surface area contributed by atoms with Crippen LogP contribution < -0.4 is 0 Å². The fraction of sp³-hybridized carbons (Fsp3) is 0.891. The third-order valence-electron chi connectivity index (χ3n) is 24.3. The van der Waals surface area contributed by atoms with Gasteiger partial charge in [0.05, 0.1) is 24.2 Å². The average molecular weight is 1870 g/mol. The Morgan fingerprint density at radius 2 is 0.894 bits per heavy atom. The molecular weight excluding hydrogens is 1700 g/mol. The summed E-state index contributed by atoms with van der Waals surface area (Å²) in [4.78, 5) is 46.6. The van der Waals surface area contributed by atoms with Crippen molar-refractivity contribution in [3.05, 3.63) is 35.9 Å². The van der Waals surface area contributed by atoms with E-state index in [-0.39, 0.29) is 45.0 Å². The Morgan fingerprint density at radius 3 is 1.23 bits per heavy atom. The molecule has 1 N–H and O–H groups in total. The minimum absolute atomic E-state index is 0. The SMILES string of the molecule is C.C.CCC(C)(C(=O)OC(C)(C)C)C(F)(F)F.CCC(C)(C(=O)OC(C)(C)C)C(F)(F)F.CCC(C)(C(=O)OC1CC2CC(CC(C)(O)C(F)(F)F)C1C2)C(F)(F)F.CCC(C)(C)C(=O)OCCC[Si](C)(C)C.CCC(C)C1CCCCC1.CCC(C)OC1CCCCC1.CCC(C)[Si]1(C)O[Si](C)(C)O[Si](C)(C)O[Si](C)(C)O1.CCC(C)c1ccccc1. The maximum atomic E-state index is 13.2. The number of fused-ring (bicyclic) bond motifs is 2. The van der Waals surface area contributed by atoms with Crippen molar-refractivity contribution in [1.29, 1.82) is 0 Å². The summed E-state index contributed by atoms with van der Waals surface area (Å²) >= 11 is 0. The zero-order valence-corrected chi connectivity index (χ0v) is 86.1. The van der Waals surface area contributed by atoms with Crippen LogP contribution >= 0.6 is 0 Å². The van der Waals surface area contributed by atoms with Gasteiger partial charge in [-0.15, -0.1) is 0 Å². The standard InChI is InChI=1S/C17H24F6O3.C12H26O2Si.C11H30O4Si4.2C10H17F3O2.C10H20O.C10H20.C10H14.2CH4/c1-4-14(2,16(18,19)20)13(24)26-12-7-9-5-10(11(12)6-9)8-15(3,25)17(21,22)23;1-7-12(2,3)11(13)14-9-8-10-15(4,5)6;1-10-11(2)19(9)14-17(5,6)12-16(3,4)13-18(7,8)15-19;2*1-6-9(5,10(11,12)13)7(14)15-8(2,3)4;1-3-9(2)11-10-7-5-4-6-8-10;2*1-3-9(2)10-7-5-4-6-8-10;;/h9-12,25H,4-8H2,1-3H3;7-10H2,1-6H3;11H,10H2,1-9H3;2*6H2,1-5H3;9-10H,3-8H2,1-2H3;9-10H,3-8H2,1-2H3;4-9H,3H2,1-2H3;2*1H4. The summed E-state index contributed by atoms with van der Waals surface area (Å²) in [7, 11) is -9.77. The van der Waals surface area contributed by atoms with Crippen molar-refractivity contribution in [1.82, 2.24) is 0 Å². The Bertz CT molecular complexity index is 3030. The van der Waals surface area contributed by atoms with Crippen molar-refractivity contribution in [2.75, 3.05) is 6.61 Å². The van der Waals surface area contributed by atoms with Gasteiger partial charge in [-0.1, -0.05) is 211 Å². The van der Waals surface area contributed by atoms with Gasteiger partial charge in [0.15, 0.2) is 21.8 Å². The first kappa shape index (κ1) is 126. The lowest BCUT2D eigenvalue weighted by atomic mass is 9.79. The lowest BCUT2D eigenvalue weighted by Crippen LogP contribution is -2.66. The monoisotopic (exact) mass is 1870 g/mol. The van der Waals surface area contributed by atoms with Crippen LogP contribution in [0.5, 0.6) is 0 Å². The second-order valence-electron chi connectivity index (χ2n) is 40.6. The largest absolute Gasteiger partial charge is 0.465 e. The van der Waals surface area contributed by atoms with Gasteiger partial charge < -0.3 is 45.3 Å². The molecule has 0 radical (unpaired) electrons. The maximum Gasteiger partial charge on any atom is 0.416 e. The first-order valence-corrected chi connectivity index (χ1v) is 59.4. The van der Waals surface area contributed by atoms with E-state index in [0.717, 1.165) is 58.3 Å². The number of rotatable bonds is 24. The predicted octanol–water partition coefficient (Wildman–Crippen LogP) is 30.2. The van der Waals surface area contributed by atoms with E-state index < -0.39 is 149 Å². The van der Waals surface area contributed by atoms with Crippen LogP contribution in [0.1, 0.15) is 340 Å². The quantitative estimate of drug-likeness (QED) is 0.0341. The molecule has 1 saturated heterocycles.